The number of hydrogen-bond acceptors (Lipinski definition) is 3. The summed E-state index contributed by atoms with van der Waals surface area (Å²) in [6.45, 7) is 2.08. The average molecular weight is 324 g/mol. The number of Topliss-reactive ketones (excluding diaryl/α,β-unsaturated/α-hetero) is 1. The lowest BCUT2D eigenvalue weighted by molar-refractivity contribution is 0.0526. The van der Waals surface area contributed by atoms with Crippen molar-refractivity contribution >= 4 is 17.8 Å². The highest BCUT2D eigenvalue weighted by atomic mass is 19.1. The lowest BCUT2D eigenvalue weighted by atomic mass is 9.85. The average Bonchev–Trinajstić information content (AvgIpc) is 2.59. The molecule has 4 heteroatoms. The molecule has 3 nitrogen and oxygen atoms in total. The SMILES string of the molecule is CCOC(=O)c1ccc2c(c1)CCC(=Cc1ccc(F)cc1)C2=O. The number of halogens is 1. The third kappa shape index (κ3) is 3.27. The van der Waals surface area contributed by atoms with Gasteiger partial charge in [-0.3, -0.25) is 4.79 Å². The molecule has 2 aromatic carbocycles. The van der Waals surface area contributed by atoms with E-state index in [0.717, 1.165) is 11.1 Å². The van der Waals surface area contributed by atoms with E-state index in [-0.39, 0.29) is 17.6 Å². The fourth-order valence-electron chi connectivity index (χ4n) is 2.82. The molecule has 3 rings (SSSR count). The molecule has 1 aliphatic rings. The van der Waals surface area contributed by atoms with E-state index >= 15 is 0 Å². The number of ether oxygens (including phenoxy) is 1. The monoisotopic (exact) mass is 324 g/mol. The molecule has 0 unspecified atom stereocenters. The summed E-state index contributed by atoms with van der Waals surface area (Å²) in [7, 11) is 0. The molecule has 0 spiro atoms. The number of hydrogen-bond donors (Lipinski definition) is 0. The molecule has 1 aliphatic carbocycles. The van der Waals surface area contributed by atoms with Gasteiger partial charge in [-0.15, -0.1) is 0 Å². The van der Waals surface area contributed by atoms with Crippen LogP contribution in [-0.4, -0.2) is 18.4 Å². The molecule has 24 heavy (non-hydrogen) atoms. The van der Waals surface area contributed by atoms with Crippen LogP contribution in [0.15, 0.2) is 48.0 Å². The van der Waals surface area contributed by atoms with Gasteiger partial charge >= 0.3 is 5.97 Å². The van der Waals surface area contributed by atoms with Gasteiger partial charge in [0.25, 0.3) is 0 Å². The number of ketones is 1. The first-order valence-electron chi connectivity index (χ1n) is 7.89. The van der Waals surface area contributed by atoms with Gasteiger partial charge in [0.2, 0.25) is 0 Å². The predicted molar refractivity (Wildman–Crippen MR) is 89.4 cm³/mol. The van der Waals surface area contributed by atoms with Gasteiger partial charge in [-0.05, 0) is 67.3 Å². The largest absolute Gasteiger partial charge is 0.462 e. The third-order valence-corrected chi connectivity index (χ3v) is 4.03. The predicted octanol–water partition coefficient (Wildman–Crippen LogP) is 4.21. The molecular formula is C20H17FO3. The number of carbonyl (C=O) groups excluding carboxylic acids is 2. The van der Waals surface area contributed by atoms with Crippen molar-refractivity contribution < 1.29 is 18.7 Å². The smallest absolute Gasteiger partial charge is 0.338 e. The van der Waals surface area contributed by atoms with Crippen molar-refractivity contribution in [3.8, 4) is 0 Å². The standard InChI is InChI=1S/C20H17FO3/c1-2-24-20(23)16-7-10-18-14(12-16)5-6-15(19(18)22)11-13-3-8-17(21)9-4-13/h3-4,7-12H,2,5-6H2,1H3. The normalized spacial score (nSPS) is 15.2. The molecule has 0 saturated carbocycles. The summed E-state index contributed by atoms with van der Waals surface area (Å²) in [4.78, 5) is 24.4. The number of carbonyl (C=O) groups is 2. The zero-order chi connectivity index (χ0) is 17.1. The van der Waals surface area contributed by atoms with Gasteiger partial charge in [-0.2, -0.15) is 0 Å². The van der Waals surface area contributed by atoms with Crippen molar-refractivity contribution in [2.75, 3.05) is 6.61 Å². The summed E-state index contributed by atoms with van der Waals surface area (Å²) >= 11 is 0. The minimum Gasteiger partial charge on any atom is -0.462 e. The molecule has 0 saturated heterocycles. The summed E-state index contributed by atoms with van der Waals surface area (Å²) in [5.74, 6) is -0.722. The highest BCUT2D eigenvalue weighted by molar-refractivity contribution is 6.13. The Bertz CT molecular complexity index is 819. The van der Waals surface area contributed by atoms with Crippen molar-refractivity contribution in [2.45, 2.75) is 19.8 Å². The lowest BCUT2D eigenvalue weighted by Crippen LogP contribution is -2.15. The molecule has 0 fully saturated rings. The molecule has 0 atom stereocenters. The van der Waals surface area contributed by atoms with Crippen LogP contribution in [-0.2, 0) is 11.2 Å². The number of esters is 1. The maximum atomic E-state index is 13.0. The van der Waals surface area contributed by atoms with Crippen molar-refractivity contribution in [1.29, 1.82) is 0 Å². The zero-order valence-electron chi connectivity index (χ0n) is 13.3. The minimum absolute atomic E-state index is 0.0454. The fraction of sp³-hybridized carbons (Fsp3) is 0.200. The number of allylic oxidation sites excluding steroid dienone is 1. The van der Waals surface area contributed by atoms with Gasteiger partial charge in [0.1, 0.15) is 5.82 Å². The van der Waals surface area contributed by atoms with Gasteiger partial charge in [0, 0.05) is 11.1 Å². The van der Waals surface area contributed by atoms with Gasteiger partial charge < -0.3 is 4.74 Å². The van der Waals surface area contributed by atoms with Gasteiger partial charge in [-0.1, -0.05) is 12.1 Å². The molecule has 0 heterocycles. The van der Waals surface area contributed by atoms with E-state index in [1.54, 1.807) is 43.3 Å². The molecule has 0 aliphatic heterocycles. The highest BCUT2D eigenvalue weighted by Gasteiger charge is 2.23. The van der Waals surface area contributed by atoms with Gasteiger partial charge in [0.05, 0.1) is 12.2 Å². The van der Waals surface area contributed by atoms with Crippen LogP contribution in [0, 0.1) is 5.82 Å². The van der Waals surface area contributed by atoms with Crippen LogP contribution in [0.4, 0.5) is 4.39 Å². The first-order valence-corrected chi connectivity index (χ1v) is 7.89. The Labute approximate surface area is 139 Å². The summed E-state index contributed by atoms with van der Waals surface area (Å²) in [5, 5.41) is 0. The van der Waals surface area contributed by atoms with Crippen LogP contribution in [0.5, 0.6) is 0 Å². The molecule has 0 N–H and O–H groups in total. The van der Waals surface area contributed by atoms with E-state index in [2.05, 4.69) is 0 Å². The van der Waals surface area contributed by atoms with Crippen molar-refractivity contribution in [2.24, 2.45) is 0 Å². The summed E-state index contributed by atoms with van der Waals surface area (Å²) < 4.78 is 18.0. The van der Waals surface area contributed by atoms with Crippen molar-refractivity contribution in [1.82, 2.24) is 0 Å². The van der Waals surface area contributed by atoms with E-state index in [9.17, 15) is 14.0 Å². The first-order chi connectivity index (χ1) is 11.6. The van der Waals surface area contributed by atoms with Crippen LogP contribution in [0.2, 0.25) is 0 Å². The van der Waals surface area contributed by atoms with Crippen molar-refractivity contribution in [3.63, 3.8) is 0 Å². The van der Waals surface area contributed by atoms with E-state index < -0.39 is 0 Å². The van der Waals surface area contributed by atoms with E-state index in [4.69, 9.17) is 4.74 Å². The Morgan fingerprint density at radius 1 is 1.17 bits per heavy atom. The Morgan fingerprint density at radius 2 is 1.92 bits per heavy atom. The highest BCUT2D eigenvalue weighted by Crippen LogP contribution is 2.27. The molecule has 0 aromatic heterocycles. The maximum Gasteiger partial charge on any atom is 0.338 e. The first kappa shape index (κ1) is 16.1. The minimum atomic E-state index is -0.375. The second-order valence-electron chi connectivity index (χ2n) is 5.64. The molecular weight excluding hydrogens is 307 g/mol. The summed E-state index contributed by atoms with van der Waals surface area (Å²) in [6.07, 6.45) is 3.07. The Balaban J connectivity index is 1.88. The fourth-order valence-corrected chi connectivity index (χ4v) is 2.82. The van der Waals surface area contributed by atoms with Crippen LogP contribution in [0.1, 0.15) is 45.2 Å². The van der Waals surface area contributed by atoms with Gasteiger partial charge in [-0.25, -0.2) is 9.18 Å². The number of aryl methyl sites for hydroxylation is 1. The number of benzene rings is 2. The van der Waals surface area contributed by atoms with Crippen LogP contribution >= 0.6 is 0 Å². The molecule has 0 amide bonds. The Kier molecular flexibility index (Phi) is 4.56. The van der Waals surface area contributed by atoms with Crippen LogP contribution in [0.3, 0.4) is 0 Å². The summed E-state index contributed by atoms with van der Waals surface area (Å²) in [5.41, 5.74) is 3.43. The van der Waals surface area contributed by atoms with E-state index in [0.29, 0.717) is 36.1 Å². The Morgan fingerprint density at radius 3 is 2.62 bits per heavy atom. The molecule has 0 bridgehead atoms. The molecule has 122 valence electrons. The molecule has 2 aromatic rings. The van der Waals surface area contributed by atoms with E-state index in [1.165, 1.54) is 12.1 Å². The maximum absolute atomic E-state index is 13.0. The van der Waals surface area contributed by atoms with Crippen LogP contribution < -0.4 is 0 Å². The zero-order valence-corrected chi connectivity index (χ0v) is 13.3. The van der Waals surface area contributed by atoms with Gasteiger partial charge in [0.15, 0.2) is 5.78 Å². The second-order valence-corrected chi connectivity index (χ2v) is 5.64. The quantitative estimate of drug-likeness (QED) is 0.627. The van der Waals surface area contributed by atoms with E-state index in [1.807, 2.05) is 0 Å². The van der Waals surface area contributed by atoms with Crippen molar-refractivity contribution in [3.05, 3.63) is 76.1 Å². The lowest BCUT2D eigenvalue weighted by Gasteiger charge is -2.18. The summed E-state index contributed by atoms with van der Waals surface area (Å²) in [6, 6.07) is 11.1. The van der Waals surface area contributed by atoms with Crippen LogP contribution in [0.25, 0.3) is 6.08 Å². The Hall–Kier alpha value is -2.75. The topological polar surface area (TPSA) is 43.4 Å². The number of rotatable bonds is 3. The number of fused-ring (bicyclic) bond motifs is 1. The second kappa shape index (κ2) is 6.79. The molecule has 0 radical (unpaired) electrons. The third-order valence-electron chi connectivity index (χ3n) is 4.03.